The summed E-state index contributed by atoms with van der Waals surface area (Å²) in [5, 5.41) is 4.06. The monoisotopic (exact) mass is 321 g/mol. The van der Waals surface area contributed by atoms with E-state index in [0.29, 0.717) is 34.6 Å². The quantitative estimate of drug-likeness (QED) is 0.803. The van der Waals surface area contributed by atoms with E-state index in [1.807, 2.05) is 26.0 Å². The van der Waals surface area contributed by atoms with Gasteiger partial charge in [0.25, 0.3) is 11.5 Å². The van der Waals surface area contributed by atoms with E-state index < -0.39 is 0 Å². The smallest absolute Gasteiger partial charge is 0.264 e. The fraction of sp³-hybridized carbons (Fsp3) is 0.211. The molecule has 0 spiro atoms. The van der Waals surface area contributed by atoms with E-state index in [4.69, 9.17) is 0 Å². The molecule has 2 heterocycles. The van der Waals surface area contributed by atoms with Crippen molar-refractivity contribution in [2.45, 2.75) is 13.8 Å². The Labute approximate surface area is 140 Å². The number of aromatic nitrogens is 2. The zero-order valence-corrected chi connectivity index (χ0v) is 13.7. The lowest BCUT2D eigenvalue weighted by Gasteiger charge is -2.13. The van der Waals surface area contributed by atoms with Gasteiger partial charge in [0, 0.05) is 29.7 Å². The van der Waals surface area contributed by atoms with Crippen LogP contribution in [0.2, 0.25) is 0 Å². The van der Waals surface area contributed by atoms with Crippen molar-refractivity contribution in [3.8, 4) is 5.82 Å². The van der Waals surface area contributed by atoms with Crippen LogP contribution < -0.4 is 10.9 Å². The van der Waals surface area contributed by atoms with Gasteiger partial charge in [0.05, 0.1) is 5.56 Å². The first-order valence-corrected chi connectivity index (χ1v) is 7.92. The van der Waals surface area contributed by atoms with Crippen LogP contribution >= 0.6 is 0 Å². The Morgan fingerprint density at radius 2 is 1.83 bits per heavy atom. The van der Waals surface area contributed by atoms with E-state index in [-0.39, 0.29) is 11.5 Å². The van der Waals surface area contributed by atoms with Crippen LogP contribution in [0.25, 0.3) is 16.6 Å². The van der Waals surface area contributed by atoms with Gasteiger partial charge >= 0.3 is 0 Å². The van der Waals surface area contributed by atoms with Crippen molar-refractivity contribution in [2.24, 2.45) is 5.92 Å². The minimum absolute atomic E-state index is 0.190. The van der Waals surface area contributed by atoms with E-state index in [1.165, 1.54) is 4.57 Å². The van der Waals surface area contributed by atoms with Crippen LogP contribution in [0, 0.1) is 5.92 Å². The number of nitrogens with one attached hydrogen (secondary N) is 1. The van der Waals surface area contributed by atoms with Crippen molar-refractivity contribution >= 4 is 16.7 Å². The van der Waals surface area contributed by atoms with Crippen molar-refractivity contribution in [1.82, 2.24) is 14.9 Å². The molecule has 5 heteroatoms. The van der Waals surface area contributed by atoms with Gasteiger partial charge in [-0.2, -0.15) is 0 Å². The minimum atomic E-state index is -0.190. The van der Waals surface area contributed by atoms with Crippen molar-refractivity contribution in [3.63, 3.8) is 0 Å². The van der Waals surface area contributed by atoms with Gasteiger partial charge < -0.3 is 5.32 Å². The van der Waals surface area contributed by atoms with Crippen molar-refractivity contribution in [3.05, 3.63) is 70.8 Å². The average molecular weight is 321 g/mol. The number of hydrogen-bond donors (Lipinski definition) is 1. The van der Waals surface area contributed by atoms with Crippen LogP contribution in [0.15, 0.2) is 59.7 Å². The molecule has 3 rings (SSSR count). The maximum atomic E-state index is 12.8. The summed E-state index contributed by atoms with van der Waals surface area (Å²) < 4.78 is 1.42. The molecular formula is C19H19N3O2. The number of rotatable bonds is 4. The van der Waals surface area contributed by atoms with Crippen LogP contribution in [-0.2, 0) is 0 Å². The number of fused-ring (bicyclic) bond motifs is 1. The normalized spacial score (nSPS) is 11.0. The predicted molar refractivity (Wildman–Crippen MR) is 94.5 cm³/mol. The molecule has 0 saturated carbocycles. The third kappa shape index (κ3) is 3.06. The molecule has 3 aromatic rings. The van der Waals surface area contributed by atoms with E-state index >= 15 is 0 Å². The zero-order chi connectivity index (χ0) is 17.1. The molecule has 0 aliphatic heterocycles. The van der Waals surface area contributed by atoms with Crippen LogP contribution in [0.3, 0.4) is 0 Å². The SMILES string of the molecule is CC(C)CNC(=O)c1cn(-c2ccccn2)c(=O)c2ccccc12. The maximum absolute atomic E-state index is 12.8. The summed E-state index contributed by atoms with van der Waals surface area (Å²) >= 11 is 0. The van der Waals surface area contributed by atoms with Crippen LogP contribution in [0.4, 0.5) is 0 Å². The molecule has 2 aromatic heterocycles. The summed E-state index contributed by atoms with van der Waals surface area (Å²) in [6.45, 7) is 4.65. The summed E-state index contributed by atoms with van der Waals surface area (Å²) in [5.74, 6) is 0.651. The molecule has 0 unspecified atom stereocenters. The highest BCUT2D eigenvalue weighted by Gasteiger charge is 2.15. The number of nitrogens with zero attached hydrogens (tertiary/aromatic N) is 2. The molecule has 0 saturated heterocycles. The predicted octanol–water partition coefficient (Wildman–Crippen LogP) is 2.77. The Balaban J connectivity index is 2.19. The molecule has 0 radical (unpaired) electrons. The van der Waals surface area contributed by atoms with Crippen molar-refractivity contribution in [1.29, 1.82) is 0 Å². The lowest BCUT2D eigenvalue weighted by molar-refractivity contribution is 0.0950. The van der Waals surface area contributed by atoms with Gasteiger partial charge in [-0.3, -0.25) is 14.2 Å². The molecule has 0 atom stereocenters. The molecule has 122 valence electrons. The van der Waals surface area contributed by atoms with Gasteiger partial charge in [-0.25, -0.2) is 4.98 Å². The Kier molecular flexibility index (Phi) is 4.42. The first kappa shape index (κ1) is 15.9. The highest BCUT2D eigenvalue weighted by molar-refractivity contribution is 6.06. The van der Waals surface area contributed by atoms with Gasteiger partial charge in [-0.1, -0.05) is 38.1 Å². The number of carbonyl (C=O) groups is 1. The highest BCUT2D eigenvalue weighted by Crippen LogP contribution is 2.17. The van der Waals surface area contributed by atoms with Gasteiger partial charge in [0.1, 0.15) is 5.82 Å². The zero-order valence-electron chi connectivity index (χ0n) is 13.7. The summed E-state index contributed by atoms with van der Waals surface area (Å²) in [4.78, 5) is 29.6. The van der Waals surface area contributed by atoms with Crippen molar-refractivity contribution in [2.75, 3.05) is 6.54 Å². The van der Waals surface area contributed by atoms with Gasteiger partial charge in [0.15, 0.2) is 0 Å². The number of amides is 1. The Morgan fingerprint density at radius 3 is 2.50 bits per heavy atom. The van der Waals surface area contributed by atoms with Crippen molar-refractivity contribution < 1.29 is 4.79 Å². The topological polar surface area (TPSA) is 64.0 Å². The maximum Gasteiger partial charge on any atom is 0.264 e. The van der Waals surface area contributed by atoms with E-state index in [9.17, 15) is 9.59 Å². The number of benzene rings is 1. The third-order valence-corrected chi connectivity index (χ3v) is 3.74. The standard InChI is InChI=1S/C19H19N3O2/c1-13(2)11-21-18(23)16-12-22(17-9-5-6-10-20-17)19(24)15-8-4-3-7-14(15)16/h3-10,12-13H,11H2,1-2H3,(H,21,23). The summed E-state index contributed by atoms with van der Waals surface area (Å²) in [6.07, 6.45) is 3.19. The lowest BCUT2D eigenvalue weighted by Crippen LogP contribution is -2.29. The molecule has 24 heavy (non-hydrogen) atoms. The average Bonchev–Trinajstić information content (AvgIpc) is 2.61. The second-order valence-corrected chi connectivity index (χ2v) is 6.06. The molecule has 0 aliphatic carbocycles. The molecule has 1 amide bonds. The first-order chi connectivity index (χ1) is 11.6. The Bertz CT molecular complexity index is 930. The molecule has 0 bridgehead atoms. The molecule has 5 nitrogen and oxygen atoms in total. The largest absolute Gasteiger partial charge is 0.352 e. The lowest BCUT2D eigenvalue weighted by atomic mass is 10.1. The third-order valence-electron chi connectivity index (χ3n) is 3.74. The van der Waals surface area contributed by atoms with E-state index in [0.717, 1.165) is 0 Å². The Morgan fingerprint density at radius 1 is 1.12 bits per heavy atom. The molecular weight excluding hydrogens is 302 g/mol. The highest BCUT2D eigenvalue weighted by atomic mass is 16.2. The molecule has 1 aromatic carbocycles. The van der Waals surface area contributed by atoms with Crippen LogP contribution in [-0.4, -0.2) is 22.0 Å². The van der Waals surface area contributed by atoms with Crippen LogP contribution in [0.5, 0.6) is 0 Å². The van der Waals surface area contributed by atoms with Gasteiger partial charge in [-0.15, -0.1) is 0 Å². The second-order valence-electron chi connectivity index (χ2n) is 6.06. The summed E-state index contributed by atoms with van der Waals surface area (Å²) in [5.41, 5.74) is 0.279. The fourth-order valence-corrected chi connectivity index (χ4v) is 2.53. The summed E-state index contributed by atoms with van der Waals surface area (Å²) in [6, 6.07) is 12.5. The Hall–Kier alpha value is -2.95. The molecule has 1 N–H and O–H groups in total. The van der Waals surface area contributed by atoms with Crippen LogP contribution in [0.1, 0.15) is 24.2 Å². The minimum Gasteiger partial charge on any atom is -0.352 e. The fourth-order valence-electron chi connectivity index (χ4n) is 2.53. The first-order valence-electron chi connectivity index (χ1n) is 7.92. The van der Waals surface area contributed by atoms with E-state index in [2.05, 4.69) is 10.3 Å². The molecule has 0 fully saturated rings. The van der Waals surface area contributed by atoms with Gasteiger partial charge in [0.2, 0.25) is 0 Å². The number of hydrogen-bond acceptors (Lipinski definition) is 3. The number of pyridine rings is 2. The van der Waals surface area contributed by atoms with Gasteiger partial charge in [-0.05, 0) is 24.1 Å². The number of carbonyl (C=O) groups excluding carboxylic acids is 1. The second kappa shape index (κ2) is 6.66. The summed E-state index contributed by atoms with van der Waals surface area (Å²) in [7, 11) is 0. The van der Waals surface area contributed by atoms with E-state index in [1.54, 1.807) is 42.7 Å². The molecule has 0 aliphatic rings.